The van der Waals surface area contributed by atoms with Gasteiger partial charge in [-0.2, -0.15) is 0 Å². The summed E-state index contributed by atoms with van der Waals surface area (Å²) in [5.41, 5.74) is 0.690. The number of ether oxygens (including phenoxy) is 3. The van der Waals surface area contributed by atoms with Crippen LogP contribution in [0.5, 0.6) is 11.5 Å². The molecule has 0 aliphatic carbocycles. The second-order valence-electron chi connectivity index (χ2n) is 7.01. The van der Waals surface area contributed by atoms with Crippen molar-refractivity contribution in [2.75, 3.05) is 43.6 Å². The van der Waals surface area contributed by atoms with Crippen LogP contribution in [-0.2, 0) is 4.74 Å². The first-order valence-electron chi connectivity index (χ1n) is 9.83. The maximum atomic E-state index is 14.0. The summed E-state index contributed by atoms with van der Waals surface area (Å²) in [5.74, 6) is 2.53. The van der Waals surface area contributed by atoms with Crippen LogP contribution in [0, 0.1) is 5.82 Å². The quantitative estimate of drug-likeness (QED) is 0.579. The van der Waals surface area contributed by atoms with Crippen molar-refractivity contribution in [1.82, 2.24) is 14.8 Å². The van der Waals surface area contributed by atoms with Gasteiger partial charge >= 0.3 is 0 Å². The van der Waals surface area contributed by atoms with E-state index in [0.29, 0.717) is 55.5 Å². The number of fused-ring (bicyclic) bond motifs is 1. The van der Waals surface area contributed by atoms with E-state index >= 15 is 0 Å². The highest BCUT2D eigenvalue weighted by atomic mass is 32.2. The fourth-order valence-electron chi connectivity index (χ4n) is 3.48. The molecule has 2 aliphatic rings. The largest absolute Gasteiger partial charge is 0.486 e. The Morgan fingerprint density at radius 1 is 1.03 bits per heavy atom. The molecule has 7 nitrogen and oxygen atoms in total. The molecule has 3 heterocycles. The maximum Gasteiger partial charge on any atom is 0.232 e. The number of benzene rings is 2. The van der Waals surface area contributed by atoms with E-state index in [9.17, 15) is 4.39 Å². The summed E-state index contributed by atoms with van der Waals surface area (Å²) in [6.45, 7) is 3.16. The third-order valence-electron chi connectivity index (χ3n) is 4.94. The average molecular weight is 428 g/mol. The van der Waals surface area contributed by atoms with Crippen molar-refractivity contribution in [2.24, 2.45) is 0 Å². The summed E-state index contributed by atoms with van der Waals surface area (Å²) in [6, 6.07) is 14.1. The molecular weight excluding hydrogens is 407 g/mol. The lowest BCUT2D eigenvalue weighted by Crippen LogP contribution is -2.38. The van der Waals surface area contributed by atoms with Gasteiger partial charge in [-0.15, -0.1) is 10.2 Å². The molecule has 2 aromatic carbocycles. The normalized spacial score (nSPS) is 18.4. The van der Waals surface area contributed by atoms with Crippen molar-refractivity contribution in [2.45, 2.75) is 11.3 Å². The number of anilines is 1. The third-order valence-corrected chi connectivity index (χ3v) is 6.00. The zero-order valence-electron chi connectivity index (χ0n) is 16.2. The zero-order valence-corrected chi connectivity index (χ0v) is 17.1. The van der Waals surface area contributed by atoms with Gasteiger partial charge in [0.2, 0.25) is 5.95 Å². The second kappa shape index (κ2) is 8.53. The Labute approximate surface area is 177 Å². The van der Waals surface area contributed by atoms with Crippen LogP contribution < -0.4 is 14.4 Å². The Kier molecular flexibility index (Phi) is 5.46. The van der Waals surface area contributed by atoms with E-state index in [-0.39, 0.29) is 11.9 Å². The predicted molar refractivity (Wildman–Crippen MR) is 111 cm³/mol. The first-order valence-corrected chi connectivity index (χ1v) is 10.8. The molecule has 30 heavy (non-hydrogen) atoms. The number of hydrogen-bond donors (Lipinski definition) is 0. The van der Waals surface area contributed by atoms with Gasteiger partial charge in [-0.25, -0.2) is 4.39 Å². The van der Waals surface area contributed by atoms with Gasteiger partial charge in [0.25, 0.3) is 0 Å². The van der Waals surface area contributed by atoms with Gasteiger partial charge in [0, 0.05) is 18.8 Å². The van der Waals surface area contributed by atoms with Crippen LogP contribution in [0.2, 0.25) is 0 Å². The molecular formula is C21H21FN4O3S. The van der Waals surface area contributed by atoms with Crippen LogP contribution in [0.3, 0.4) is 0 Å². The van der Waals surface area contributed by atoms with E-state index in [1.807, 2.05) is 34.9 Å². The standard InChI is InChI=1S/C21H21FN4O3S/c22-15-4-3-5-16(12-15)26-20(25-8-10-27-11-9-25)23-24-21(26)30-14-17-13-28-18-6-1-2-7-19(18)29-17/h1-7,12,17H,8-11,13-14H2/t17-/m0/s1. The van der Waals surface area contributed by atoms with Gasteiger partial charge < -0.3 is 19.1 Å². The molecule has 0 saturated carbocycles. The molecule has 3 aromatic rings. The van der Waals surface area contributed by atoms with E-state index in [2.05, 4.69) is 15.1 Å². The highest BCUT2D eigenvalue weighted by Crippen LogP contribution is 2.33. The molecule has 1 saturated heterocycles. The summed E-state index contributed by atoms with van der Waals surface area (Å²) in [7, 11) is 0. The molecule has 0 amide bonds. The van der Waals surface area contributed by atoms with Crippen LogP contribution >= 0.6 is 11.8 Å². The Morgan fingerprint density at radius 2 is 1.87 bits per heavy atom. The van der Waals surface area contributed by atoms with Crippen molar-refractivity contribution in [3.8, 4) is 17.2 Å². The molecule has 0 spiro atoms. The molecule has 9 heteroatoms. The number of thioether (sulfide) groups is 1. The van der Waals surface area contributed by atoms with Crippen molar-refractivity contribution in [3.63, 3.8) is 0 Å². The van der Waals surface area contributed by atoms with Crippen LogP contribution in [0.15, 0.2) is 53.7 Å². The first kappa shape index (κ1) is 19.2. The number of morpholine rings is 1. The molecule has 2 aliphatic heterocycles. The summed E-state index contributed by atoms with van der Waals surface area (Å²) >= 11 is 1.52. The predicted octanol–water partition coefficient (Wildman–Crippen LogP) is 3.18. The number of aromatic nitrogens is 3. The minimum Gasteiger partial charge on any atom is -0.486 e. The van der Waals surface area contributed by atoms with E-state index in [0.717, 1.165) is 11.5 Å². The van der Waals surface area contributed by atoms with Crippen molar-refractivity contribution < 1.29 is 18.6 Å². The Bertz CT molecular complexity index is 1020. The van der Waals surface area contributed by atoms with Crippen molar-refractivity contribution in [1.29, 1.82) is 0 Å². The van der Waals surface area contributed by atoms with E-state index in [1.165, 1.54) is 23.9 Å². The van der Waals surface area contributed by atoms with Crippen LogP contribution in [0.1, 0.15) is 0 Å². The molecule has 0 bridgehead atoms. The van der Waals surface area contributed by atoms with Gasteiger partial charge in [0.05, 0.1) is 18.9 Å². The molecule has 5 rings (SSSR count). The lowest BCUT2D eigenvalue weighted by atomic mass is 10.3. The molecule has 1 aromatic heterocycles. The molecule has 1 atom stereocenters. The molecule has 0 N–H and O–H groups in total. The monoisotopic (exact) mass is 428 g/mol. The van der Waals surface area contributed by atoms with E-state index < -0.39 is 0 Å². The van der Waals surface area contributed by atoms with E-state index in [4.69, 9.17) is 14.2 Å². The minimum absolute atomic E-state index is 0.116. The molecule has 156 valence electrons. The van der Waals surface area contributed by atoms with Gasteiger partial charge in [0.1, 0.15) is 18.5 Å². The maximum absolute atomic E-state index is 14.0. The number of hydrogen-bond acceptors (Lipinski definition) is 7. The summed E-state index contributed by atoms with van der Waals surface area (Å²) < 4.78 is 33.2. The fraction of sp³-hybridized carbons (Fsp3) is 0.333. The van der Waals surface area contributed by atoms with Crippen LogP contribution in [0.25, 0.3) is 5.69 Å². The van der Waals surface area contributed by atoms with Crippen molar-refractivity contribution in [3.05, 3.63) is 54.3 Å². The van der Waals surface area contributed by atoms with Crippen molar-refractivity contribution >= 4 is 17.7 Å². The summed E-state index contributed by atoms with van der Waals surface area (Å²) in [6.07, 6.45) is -0.116. The number of halogens is 1. The fourth-order valence-corrected chi connectivity index (χ4v) is 4.39. The zero-order chi connectivity index (χ0) is 20.3. The Balaban J connectivity index is 1.39. The van der Waals surface area contributed by atoms with Gasteiger partial charge in [-0.3, -0.25) is 4.57 Å². The number of nitrogens with zero attached hydrogens (tertiary/aromatic N) is 4. The summed E-state index contributed by atoms with van der Waals surface area (Å²) in [5, 5.41) is 9.50. The van der Waals surface area contributed by atoms with Gasteiger partial charge in [-0.1, -0.05) is 30.0 Å². The minimum atomic E-state index is -0.300. The third kappa shape index (κ3) is 3.95. The van der Waals surface area contributed by atoms with Gasteiger partial charge in [0.15, 0.2) is 16.7 Å². The van der Waals surface area contributed by atoms with Crippen LogP contribution in [0.4, 0.5) is 10.3 Å². The molecule has 1 fully saturated rings. The first-order chi connectivity index (χ1) is 14.8. The number of para-hydroxylation sites is 2. The molecule has 0 radical (unpaired) electrons. The molecule has 0 unspecified atom stereocenters. The average Bonchev–Trinajstić information content (AvgIpc) is 3.22. The SMILES string of the molecule is Fc1cccc(-n2c(SC[C@@H]3COc4ccccc4O3)nnc2N2CCOCC2)c1. The highest BCUT2D eigenvalue weighted by Gasteiger charge is 2.25. The van der Waals surface area contributed by atoms with Crippen LogP contribution in [-0.4, -0.2) is 59.5 Å². The highest BCUT2D eigenvalue weighted by molar-refractivity contribution is 7.99. The topological polar surface area (TPSA) is 61.6 Å². The van der Waals surface area contributed by atoms with Gasteiger partial charge in [-0.05, 0) is 30.3 Å². The van der Waals surface area contributed by atoms with E-state index in [1.54, 1.807) is 6.07 Å². The summed E-state index contributed by atoms with van der Waals surface area (Å²) in [4.78, 5) is 2.11. The Morgan fingerprint density at radius 3 is 2.70 bits per heavy atom. The number of rotatable bonds is 5. The Hall–Kier alpha value is -2.78. The second-order valence-corrected chi connectivity index (χ2v) is 7.99. The smallest absolute Gasteiger partial charge is 0.232 e. The lowest BCUT2D eigenvalue weighted by Gasteiger charge is -2.28. The lowest BCUT2D eigenvalue weighted by molar-refractivity contribution is 0.107.